The zero-order chi connectivity index (χ0) is 12.3. The first kappa shape index (κ1) is 13.0. The van der Waals surface area contributed by atoms with Crippen LogP contribution < -0.4 is 5.32 Å². The standard InChI is InChI=1S/C13H21NO2/c1-8-5-6-12(13(16)10(8)3)11(4)14-7-9(2)15/h5-6,9,11,14-16H,7H2,1-4H3. The van der Waals surface area contributed by atoms with Crippen molar-refractivity contribution in [3.63, 3.8) is 0 Å². The van der Waals surface area contributed by atoms with Crippen molar-refractivity contribution in [1.29, 1.82) is 0 Å². The molecule has 1 aromatic carbocycles. The van der Waals surface area contributed by atoms with Crippen LogP contribution in [-0.2, 0) is 0 Å². The van der Waals surface area contributed by atoms with Crippen LogP contribution in [0, 0.1) is 13.8 Å². The van der Waals surface area contributed by atoms with Crippen molar-refractivity contribution in [2.24, 2.45) is 0 Å². The van der Waals surface area contributed by atoms with E-state index in [0.29, 0.717) is 12.3 Å². The molecule has 1 rings (SSSR count). The minimum atomic E-state index is -0.379. The molecule has 2 atom stereocenters. The van der Waals surface area contributed by atoms with Gasteiger partial charge in [0.1, 0.15) is 5.75 Å². The lowest BCUT2D eigenvalue weighted by Crippen LogP contribution is -2.27. The highest BCUT2D eigenvalue weighted by atomic mass is 16.3. The van der Waals surface area contributed by atoms with E-state index >= 15 is 0 Å². The molecule has 3 heteroatoms. The van der Waals surface area contributed by atoms with E-state index in [1.165, 1.54) is 0 Å². The highest BCUT2D eigenvalue weighted by Gasteiger charge is 2.13. The van der Waals surface area contributed by atoms with Crippen LogP contribution in [0.15, 0.2) is 12.1 Å². The quantitative estimate of drug-likeness (QED) is 0.732. The molecule has 3 nitrogen and oxygen atoms in total. The number of aliphatic hydroxyl groups is 1. The summed E-state index contributed by atoms with van der Waals surface area (Å²) in [6, 6.07) is 3.97. The van der Waals surface area contributed by atoms with Gasteiger partial charge < -0.3 is 15.5 Å². The molecule has 0 bridgehead atoms. The predicted molar refractivity (Wildman–Crippen MR) is 65.7 cm³/mol. The van der Waals surface area contributed by atoms with Gasteiger partial charge in [0, 0.05) is 18.2 Å². The molecule has 3 N–H and O–H groups in total. The van der Waals surface area contributed by atoms with Crippen LogP contribution in [0.4, 0.5) is 0 Å². The molecule has 0 aliphatic rings. The van der Waals surface area contributed by atoms with Crippen molar-refractivity contribution in [2.45, 2.75) is 39.8 Å². The molecule has 2 unspecified atom stereocenters. The fourth-order valence-corrected chi connectivity index (χ4v) is 1.63. The third-order valence-electron chi connectivity index (χ3n) is 2.92. The largest absolute Gasteiger partial charge is 0.507 e. The third-order valence-corrected chi connectivity index (χ3v) is 2.92. The van der Waals surface area contributed by atoms with Gasteiger partial charge in [0.15, 0.2) is 0 Å². The second-order valence-corrected chi connectivity index (χ2v) is 4.42. The number of aryl methyl sites for hydroxylation is 1. The number of benzene rings is 1. The van der Waals surface area contributed by atoms with Crippen molar-refractivity contribution in [3.05, 3.63) is 28.8 Å². The fraction of sp³-hybridized carbons (Fsp3) is 0.538. The first-order valence-corrected chi connectivity index (χ1v) is 5.64. The van der Waals surface area contributed by atoms with Gasteiger partial charge in [-0.15, -0.1) is 0 Å². The number of hydrogen-bond acceptors (Lipinski definition) is 3. The average molecular weight is 223 g/mol. The van der Waals surface area contributed by atoms with Gasteiger partial charge in [-0.05, 0) is 38.8 Å². The Morgan fingerprint density at radius 3 is 2.44 bits per heavy atom. The lowest BCUT2D eigenvalue weighted by atomic mass is 10.00. The van der Waals surface area contributed by atoms with Gasteiger partial charge in [-0.3, -0.25) is 0 Å². The Morgan fingerprint density at radius 2 is 1.88 bits per heavy atom. The summed E-state index contributed by atoms with van der Waals surface area (Å²) in [5.74, 6) is 0.352. The molecule has 90 valence electrons. The van der Waals surface area contributed by atoms with E-state index in [4.69, 9.17) is 0 Å². The summed E-state index contributed by atoms with van der Waals surface area (Å²) >= 11 is 0. The van der Waals surface area contributed by atoms with E-state index in [1.807, 2.05) is 32.9 Å². The minimum absolute atomic E-state index is 0.0360. The summed E-state index contributed by atoms with van der Waals surface area (Å²) < 4.78 is 0. The van der Waals surface area contributed by atoms with Gasteiger partial charge in [0.05, 0.1) is 6.10 Å². The molecule has 0 amide bonds. The van der Waals surface area contributed by atoms with Crippen LogP contribution in [-0.4, -0.2) is 22.9 Å². The van der Waals surface area contributed by atoms with E-state index < -0.39 is 0 Å². The molecule has 0 fully saturated rings. The lowest BCUT2D eigenvalue weighted by Gasteiger charge is -2.18. The minimum Gasteiger partial charge on any atom is -0.507 e. The fourth-order valence-electron chi connectivity index (χ4n) is 1.63. The number of hydrogen-bond donors (Lipinski definition) is 3. The highest BCUT2D eigenvalue weighted by Crippen LogP contribution is 2.29. The van der Waals surface area contributed by atoms with Gasteiger partial charge >= 0.3 is 0 Å². The summed E-state index contributed by atoms with van der Waals surface area (Å²) in [6.45, 7) is 8.13. The van der Waals surface area contributed by atoms with E-state index in [2.05, 4.69) is 5.32 Å². The zero-order valence-electron chi connectivity index (χ0n) is 10.4. The molecule has 0 aromatic heterocycles. The Labute approximate surface area is 97.1 Å². The maximum absolute atomic E-state index is 10.0. The third kappa shape index (κ3) is 2.97. The van der Waals surface area contributed by atoms with Gasteiger partial charge in [-0.2, -0.15) is 0 Å². The van der Waals surface area contributed by atoms with E-state index in [9.17, 15) is 10.2 Å². The van der Waals surface area contributed by atoms with Crippen LogP contribution in [0.2, 0.25) is 0 Å². The Balaban J connectivity index is 2.84. The summed E-state index contributed by atoms with van der Waals surface area (Å²) in [6.07, 6.45) is -0.379. The van der Waals surface area contributed by atoms with Gasteiger partial charge in [0.2, 0.25) is 0 Å². The maximum atomic E-state index is 10.0. The monoisotopic (exact) mass is 223 g/mol. The van der Waals surface area contributed by atoms with Crippen molar-refractivity contribution < 1.29 is 10.2 Å². The Morgan fingerprint density at radius 1 is 1.25 bits per heavy atom. The van der Waals surface area contributed by atoms with Crippen LogP contribution in [0.5, 0.6) is 5.75 Å². The molecule has 0 saturated heterocycles. The predicted octanol–water partition coefficient (Wildman–Crippen LogP) is 2.04. The molecule has 0 spiro atoms. The molecular formula is C13H21NO2. The molecule has 0 radical (unpaired) electrons. The van der Waals surface area contributed by atoms with Crippen molar-refractivity contribution in [1.82, 2.24) is 5.32 Å². The van der Waals surface area contributed by atoms with Crippen LogP contribution in [0.3, 0.4) is 0 Å². The van der Waals surface area contributed by atoms with Crippen LogP contribution in [0.25, 0.3) is 0 Å². The van der Waals surface area contributed by atoms with Gasteiger partial charge in [0.25, 0.3) is 0 Å². The van der Waals surface area contributed by atoms with Crippen molar-refractivity contribution in [3.8, 4) is 5.75 Å². The average Bonchev–Trinajstić information content (AvgIpc) is 2.23. The van der Waals surface area contributed by atoms with E-state index in [0.717, 1.165) is 16.7 Å². The number of rotatable bonds is 4. The number of phenols is 1. The lowest BCUT2D eigenvalue weighted by molar-refractivity contribution is 0.187. The summed E-state index contributed by atoms with van der Waals surface area (Å²) in [7, 11) is 0. The zero-order valence-corrected chi connectivity index (χ0v) is 10.4. The van der Waals surface area contributed by atoms with Crippen LogP contribution in [0.1, 0.15) is 36.6 Å². The van der Waals surface area contributed by atoms with Gasteiger partial charge in [-0.25, -0.2) is 0 Å². The number of phenolic OH excluding ortho intramolecular Hbond substituents is 1. The molecule has 0 saturated carbocycles. The number of aromatic hydroxyl groups is 1. The molecule has 0 aliphatic carbocycles. The Bertz CT molecular complexity index is 361. The van der Waals surface area contributed by atoms with Crippen LogP contribution >= 0.6 is 0 Å². The number of aliphatic hydroxyl groups excluding tert-OH is 1. The van der Waals surface area contributed by atoms with Gasteiger partial charge in [-0.1, -0.05) is 12.1 Å². The summed E-state index contributed by atoms with van der Waals surface area (Å²) in [5, 5.41) is 22.4. The topological polar surface area (TPSA) is 52.5 Å². The highest BCUT2D eigenvalue weighted by molar-refractivity contribution is 5.45. The van der Waals surface area contributed by atoms with E-state index in [-0.39, 0.29) is 12.1 Å². The van der Waals surface area contributed by atoms with E-state index in [1.54, 1.807) is 6.92 Å². The van der Waals surface area contributed by atoms with Crippen molar-refractivity contribution >= 4 is 0 Å². The Kier molecular flexibility index (Phi) is 4.33. The molecule has 16 heavy (non-hydrogen) atoms. The normalized spacial score (nSPS) is 14.8. The summed E-state index contributed by atoms with van der Waals surface area (Å²) in [4.78, 5) is 0. The number of nitrogens with one attached hydrogen (secondary N) is 1. The second kappa shape index (κ2) is 5.32. The molecule has 1 aromatic rings. The SMILES string of the molecule is Cc1ccc(C(C)NCC(C)O)c(O)c1C. The smallest absolute Gasteiger partial charge is 0.123 e. The first-order chi connectivity index (χ1) is 7.43. The van der Waals surface area contributed by atoms with Crippen molar-refractivity contribution in [2.75, 3.05) is 6.54 Å². The maximum Gasteiger partial charge on any atom is 0.123 e. The first-order valence-electron chi connectivity index (χ1n) is 5.64. The second-order valence-electron chi connectivity index (χ2n) is 4.42. The molecule has 0 aliphatic heterocycles. The Hall–Kier alpha value is -1.06. The molecular weight excluding hydrogens is 202 g/mol. The molecule has 0 heterocycles. The summed E-state index contributed by atoms with van der Waals surface area (Å²) in [5.41, 5.74) is 2.89.